The number of nitriles is 1. The molecule has 0 saturated carbocycles. The fourth-order valence-corrected chi connectivity index (χ4v) is 1.81. The molecule has 1 N–H and O–H groups in total. The van der Waals surface area contributed by atoms with Crippen LogP contribution in [0, 0.1) is 11.3 Å². The molecule has 1 unspecified atom stereocenters. The maximum absolute atomic E-state index is 9.73. The molecule has 0 aliphatic rings. The molecule has 0 spiro atoms. The molecular weight excluding hydrogens is 212 g/mol. The molecule has 0 heterocycles. The predicted octanol–water partition coefficient (Wildman–Crippen LogP) is 2.85. The van der Waals surface area contributed by atoms with Gasteiger partial charge in [-0.25, -0.2) is 0 Å². The minimum absolute atomic E-state index is 0.512. The zero-order valence-corrected chi connectivity index (χ0v) is 10.8. The first-order valence-corrected chi connectivity index (χ1v) is 6.03. The summed E-state index contributed by atoms with van der Waals surface area (Å²) in [7, 11) is 2.00. The minimum Gasteiger partial charge on any atom is -0.389 e. The largest absolute Gasteiger partial charge is 0.389 e. The molecule has 1 atom stereocenters. The van der Waals surface area contributed by atoms with Crippen LogP contribution in [0.5, 0.6) is 0 Å². The van der Waals surface area contributed by atoms with Crippen LogP contribution in [0.4, 0.5) is 5.69 Å². The second kappa shape index (κ2) is 6.27. The monoisotopic (exact) mass is 232 g/mol. The van der Waals surface area contributed by atoms with Gasteiger partial charge >= 0.3 is 0 Å². The molecular formula is C14H20N2O. The van der Waals surface area contributed by atoms with E-state index in [9.17, 15) is 5.11 Å². The third-order valence-corrected chi connectivity index (χ3v) is 2.87. The van der Waals surface area contributed by atoms with E-state index in [0.29, 0.717) is 5.56 Å². The molecule has 0 aliphatic heterocycles. The van der Waals surface area contributed by atoms with Gasteiger partial charge < -0.3 is 10.0 Å². The van der Waals surface area contributed by atoms with Crippen LogP contribution in [0.3, 0.4) is 0 Å². The summed E-state index contributed by atoms with van der Waals surface area (Å²) in [5.74, 6) is 0. The molecule has 17 heavy (non-hydrogen) atoms. The number of unbranched alkanes of at least 4 members (excludes halogenated alkanes) is 1. The highest BCUT2D eigenvalue weighted by Gasteiger charge is 2.12. The van der Waals surface area contributed by atoms with E-state index in [4.69, 9.17) is 5.26 Å². The lowest BCUT2D eigenvalue weighted by Crippen LogP contribution is -2.20. The van der Waals surface area contributed by atoms with E-state index >= 15 is 0 Å². The number of nitrogens with zero attached hydrogens (tertiary/aromatic N) is 2. The molecule has 0 aromatic heterocycles. The van der Waals surface area contributed by atoms with Crippen molar-refractivity contribution in [2.75, 3.05) is 18.5 Å². The van der Waals surface area contributed by atoms with E-state index < -0.39 is 6.10 Å². The van der Waals surface area contributed by atoms with E-state index in [1.54, 1.807) is 13.0 Å². The van der Waals surface area contributed by atoms with E-state index in [0.717, 1.165) is 30.6 Å². The molecule has 0 bridgehead atoms. The summed E-state index contributed by atoms with van der Waals surface area (Å²) >= 11 is 0. The Bertz CT molecular complexity index is 407. The van der Waals surface area contributed by atoms with E-state index in [1.165, 1.54) is 0 Å². The minimum atomic E-state index is -0.512. The SMILES string of the molecule is CCCCN(C)c1cc(C#N)ccc1C(C)O. The van der Waals surface area contributed by atoms with Crippen LogP contribution in [0.15, 0.2) is 18.2 Å². The molecule has 3 nitrogen and oxygen atoms in total. The highest BCUT2D eigenvalue weighted by atomic mass is 16.3. The van der Waals surface area contributed by atoms with Crippen molar-refractivity contribution in [2.45, 2.75) is 32.8 Å². The number of hydrogen-bond acceptors (Lipinski definition) is 3. The van der Waals surface area contributed by atoms with Crippen molar-refractivity contribution in [1.29, 1.82) is 5.26 Å². The Kier molecular flexibility index (Phi) is 4.99. The number of anilines is 1. The summed E-state index contributed by atoms with van der Waals surface area (Å²) in [4.78, 5) is 2.10. The number of rotatable bonds is 5. The summed E-state index contributed by atoms with van der Waals surface area (Å²) in [5.41, 5.74) is 2.46. The quantitative estimate of drug-likeness (QED) is 0.849. The zero-order chi connectivity index (χ0) is 12.8. The van der Waals surface area contributed by atoms with Gasteiger partial charge in [0.1, 0.15) is 0 Å². The third-order valence-electron chi connectivity index (χ3n) is 2.87. The fourth-order valence-electron chi connectivity index (χ4n) is 1.81. The standard InChI is InChI=1S/C14H20N2O/c1-4-5-8-16(3)14-9-12(10-15)6-7-13(14)11(2)17/h6-7,9,11,17H,4-5,8H2,1-3H3. The first-order valence-electron chi connectivity index (χ1n) is 6.03. The number of aliphatic hydroxyl groups excluding tert-OH is 1. The van der Waals surface area contributed by atoms with Gasteiger partial charge in [0.25, 0.3) is 0 Å². The molecule has 92 valence electrons. The number of benzene rings is 1. The van der Waals surface area contributed by atoms with Crippen LogP contribution in [0.1, 0.15) is 43.9 Å². The van der Waals surface area contributed by atoms with Gasteiger partial charge in [-0.15, -0.1) is 0 Å². The average Bonchev–Trinajstić information content (AvgIpc) is 2.34. The van der Waals surface area contributed by atoms with Crippen LogP contribution in [0.25, 0.3) is 0 Å². The summed E-state index contributed by atoms with van der Waals surface area (Å²) in [6.45, 7) is 4.83. The van der Waals surface area contributed by atoms with Crippen LogP contribution in [0.2, 0.25) is 0 Å². The van der Waals surface area contributed by atoms with Gasteiger partial charge in [-0.2, -0.15) is 5.26 Å². The topological polar surface area (TPSA) is 47.3 Å². The molecule has 1 aromatic rings. The lowest BCUT2D eigenvalue weighted by atomic mass is 10.0. The van der Waals surface area contributed by atoms with Gasteiger partial charge in [-0.1, -0.05) is 19.4 Å². The number of hydrogen-bond donors (Lipinski definition) is 1. The van der Waals surface area contributed by atoms with E-state index in [-0.39, 0.29) is 0 Å². The molecule has 0 amide bonds. The molecule has 1 rings (SSSR count). The molecule has 0 saturated heterocycles. The highest BCUT2D eigenvalue weighted by molar-refractivity contribution is 5.58. The Balaban J connectivity index is 3.04. The average molecular weight is 232 g/mol. The van der Waals surface area contributed by atoms with Gasteiger partial charge in [0.05, 0.1) is 17.7 Å². The summed E-state index contributed by atoms with van der Waals surface area (Å²) in [6, 6.07) is 7.56. The molecule has 0 fully saturated rings. The number of aliphatic hydroxyl groups is 1. The van der Waals surface area contributed by atoms with Gasteiger partial charge in [-0.3, -0.25) is 0 Å². The molecule has 0 aliphatic carbocycles. The van der Waals surface area contributed by atoms with Crippen molar-refractivity contribution in [2.24, 2.45) is 0 Å². The Morgan fingerprint density at radius 1 is 1.47 bits per heavy atom. The summed E-state index contributed by atoms with van der Waals surface area (Å²) in [6.07, 6.45) is 1.72. The van der Waals surface area contributed by atoms with E-state index in [1.807, 2.05) is 19.2 Å². The Labute approximate surface area is 103 Å². The first kappa shape index (κ1) is 13.5. The molecule has 0 radical (unpaired) electrons. The molecule has 1 aromatic carbocycles. The van der Waals surface area contributed by atoms with Gasteiger partial charge in [0.15, 0.2) is 0 Å². The van der Waals surface area contributed by atoms with Gasteiger partial charge in [0.2, 0.25) is 0 Å². The highest BCUT2D eigenvalue weighted by Crippen LogP contribution is 2.27. The Morgan fingerprint density at radius 3 is 2.71 bits per heavy atom. The van der Waals surface area contributed by atoms with Crippen molar-refractivity contribution in [3.8, 4) is 6.07 Å². The van der Waals surface area contributed by atoms with Crippen molar-refractivity contribution in [3.63, 3.8) is 0 Å². The third kappa shape index (κ3) is 3.47. The predicted molar refractivity (Wildman–Crippen MR) is 70.0 cm³/mol. The Hall–Kier alpha value is -1.53. The van der Waals surface area contributed by atoms with Gasteiger partial charge in [-0.05, 0) is 25.5 Å². The maximum Gasteiger partial charge on any atom is 0.0992 e. The smallest absolute Gasteiger partial charge is 0.0992 e. The second-order valence-corrected chi connectivity index (χ2v) is 4.34. The maximum atomic E-state index is 9.73. The van der Waals surface area contributed by atoms with Crippen molar-refractivity contribution >= 4 is 5.69 Å². The Morgan fingerprint density at radius 2 is 2.18 bits per heavy atom. The van der Waals surface area contributed by atoms with Crippen LogP contribution >= 0.6 is 0 Å². The molecule has 3 heteroatoms. The van der Waals surface area contributed by atoms with Crippen molar-refractivity contribution in [3.05, 3.63) is 29.3 Å². The first-order chi connectivity index (χ1) is 8.10. The lowest BCUT2D eigenvalue weighted by Gasteiger charge is -2.23. The van der Waals surface area contributed by atoms with Crippen LogP contribution in [-0.2, 0) is 0 Å². The van der Waals surface area contributed by atoms with Crippen molar-refractivity contribution < 1.29 is 5.11 Å². The fraction of sp³-hybridized carbons (Fsp3) is 0.500. The van der Waals surface area contributed by atoms with Crippen LogP contribution in [-0.4, -0.2) is 18.7 Å². The summed E-state index contributed by atoms with van der Waals surface area (Å²) < 4.78 is 0. The second-order valence-electron chi connectivity index (χ2n) is 4.34. The van der Waals surface area contributed by atoms with E-state index in [2.05, 4.69) is 17.9 Å². The summed E-state index contributed by atoms with van der Waals surface area (Å²) in [5, 5.41) is 18.7. The lowest BCUT2D eigenvalue weighted by molar-refractivity contribution is 0.199. The van der Waals surface area contributed by atoms with Crippen molar-refractivity contribution in [1.82, 2.24) is 0 Å². The van der Waals surface area contributed by atoms with Gasteiger partial charge in [0, 0.05) is 24.8 Å². The normalized spacial score (nSPS) is 11.9. The van der Waals surface area contributed by atoms with Crippen LogP contribution < -0.4 is 4.90 Å². The zero-order valence-electron chi connectivity index (χ0n) is 10.8.